The first kappa shape index (κ1) is 19.6. The maximum atomic E-state index is 12.3. The summed E-state index contributed by atoms with van der Waals surface area (Å²) >= 11 is 23.5. The maximum Gasteiger partial charge on any atom is 0.270 e. The number of amides is 1. The number of nitrogens with one attached hydrogen (secondary N) is 1. The van der Waals surface area contributed by atoms with Crippen LogP contribution in [0.15, 0.2) is 48.5 Å². The van der Waals surface area contributed by atoms with Crippen molar-refractivity contribution in [2.45, 2.75) is 10.0 Å². The van der Waals surface area contributed by atoms with E-state index in [2.05, 4.69) is 5.32 Å². The molecule has 0 saturated heterocycles. The van der Waals surface area contributed by atoms with Crippen LogP contribution in [0.5, 0.6) is 5.75 Å². The second-order valence-electron chi connectivity index (χ2n) is 4.75. The van der Waals surface area contributed by atoms with Gasteiger partial charge < -0.3 is 10.1 Å². The number of ether oxygens (including phenoxy) is 1. The monoisotopic (exact) mass is 422 g/mol. The Morgan fingerprint density at radius 3 is 2.44 bits per heavy atom. The fourth-order valence-corrected chi connectivity index (χ4v) is 2.29. The Hall–Kier alpha value is -1.73. The van der Waals surface area contributed by atoms with Crippen LogP contribution in [-0.2, 0) is 0 Å². The van der Waals surface area contributed by atoms with Gasteiger partial charge in [0.05, 0.1) is 9.95 Å². The molecule has 132 valence electrons. The average Bonchev–Trinajstić information content (AvgIpc) is 2.55. The van der Waals surface area contributed by atoms with Crippen LogP contribution in [0.25, 0.3) is 0 Å². The van der Waals surface area contributed by atoms with Gasteiger partial charge in [0.25, 0.3) is 11.6 Å². The zero-order chi connectivity index (χ0) is 18.6. The van der Waals surface area contributed by atoms with E-state index in [4.69, 9.17) is 51.1 Å². The second-order valence-corrected chi connectivity index (χ2v) is 7.53. The SMILES string of the molecule is O=C(N[C@H](Oc1ccccc1Cl)C(Cl)(Cl)Cl)c1cccc([N+](=O)[O-])c1. The molecule has 1 atom stereocenters. The van der Waals surface area contributed by atoms with Crippen molar-refractivity contribution in [2.24, 2.45) is 0 Å². The van der Waals surface area contributed by atoms with E-state index < -0.39 is 20.9 Å². The van der Waals surface area contributed by atoms with Gasteiger partial charge in [0, 0.05) is 17.7 Å². The molecule has 0 aliphatic heterocycles. The number of halogens is 4. The van der Waals surface area contributed by atoms with E-state index in [1.165, 1.54) is 24.3 Å². The molecule has 0 radical (unpaired) electrons. The minimum Gasteiger partial charge on any atom is -0.464 e. The second kappa shape index (κ2) is 8.10. The molecule has 0 bridgehead atoms. The third-order valence-electron chi connectivity index (χ3n) is 2.96. The lowest BCUT2D eigenvalue weighted by Crippen LogP contribution is -2.47. The number of nitrogens with zero attached hydrogens (tertiary/aromatic N) is 1. The Morgan fingerprint density at radius 2 is 1.84 bits per heavy atom. The molecular formula is C15H10Cl4N2O4. The highest BCUT2D eigenvalue weighted by Crippen LogP contribution is 2.34. The number of nitro groups is 1. The minimum absolute atomic E-state index is 0.0104. The van der Waals surface area contributed by atoms with E-state index in [0.29, 0.717) is 0 Å². The third-order valence-corrected chi connectivity index (χ3v) is 3.87. The highest BCUT2D eigenvalue weighted by atomic mass is 35.6. The van der Waals surface area contributed by atoms with E-state index in [0.717, 1.165) is 6.07 Å². The van der Waals surface area contributed by atoms with Crippen LogP contribution in [0.3, 0.4) is 0 Å². The number of nitro benzene ring substituents is 1. The lowest BCUT2D eigenvalue weighted by molar-refractivity contribution is -0.384. The molecule has 0 heterocycles. The molecule has 0 spiro atoms. The van der Waals surface area contributed by atoms with Crippen LogP contribution in [0, 0.1) is 10.1 Å². The number of non-ortho nitro benzene ring substituents is 1. The molecule has 1 amide bonds. The normalized spacial score (nSPS) is 12.3. The molecule has 0 aromatic heterocycles. The summed E-state index contributed by atoms with van der Waals surface area (Å²) in [7, 11) is 0. The Balaban J connectivity index is 2.23. The van der Waals surface area contributed by atoms with E-state index >= 15 is 0 Å². The van der Waals surface area contributed by atoms with Crippen molar-refractivity contribution in [3.63, 3.8) is 0 Å². The molecule has 0 aliphatic rings. The minimum atomic E-state index is -2.02. The molecule has 25 heavy (non-hydrogen) atoms. The zero-order valence-corrected chi connectivity index (χ0v) is 15.3. The molecule has 10 heteroatoms. The first-order valence-corrected chi connectivity index (χ1v) is 8.23. The summed E-state index contributed by atoms with van der Waals surface area (Å²) in [5, 5.41) is 13.4. The molecular weight excluding hydrogens is 414 g/mol. The van der Waals surface area contributed by atoms with Gasteiger partial charge in [-0.25, -0.2) is 0 Å². The van der Waals surface area contributed by atoms with Gasteiger partial charge >= 0.3 is 0 Å². The van der Waals surface area contributed by atoms with Crippen LogP contribution in [0.2, 0.25) is 5.02 Å². The summed E-state index contributed by atoms with van der Waals surface area (Å²) in [5.41, 5.74) is -0.235. The predicted octanol–water partition coefficient (Wildman–Crippen LogP) is 4.75. The number of hydrogen-bond donors (Lipinski definition) is 1. The fraction of sp³-hybridized carbons (Fsp3) is 0.133. The van der Waals surface area contributed by atoms with Crippen LogP contribution in [0.4, 0.5) is 5.69 Å². The average molecular weight is 424 g/mol. The van der Waals surface area contributed by atoms with Gasteiger partial charge in [0.15, 0.2) is 0 Å². The van der Waals surface area contributed by atoms with Gasteiger partial charge in [0.1, 0.15) is 5.75 Å². The van der Waals surface area contributed by atoms with E-state index in [-0.39, 0.29) is 22.0 Å². The highest BCUT2D eigenvalue weighted by molar-refractivity contribution is 6.68. The molecule has 2 aromatic rings. The van der Waals surface area contributed by atoms with Crippen molar-refractivity contribution in [1.29, 1.82) is 0 Å². The Morgan fingerprint density at radius 1 is 1.16 bits per heavy atom. The molecule has 0 fully saturated rings. The van der Waals surface area contributed by atoms with Gasteiger partial charge in [-0.15, -0.1) is 0 Å². The Bertz CT molecular complexity index is 795. The molecule has 0 saturated carbocycles. The molecule has 0 aliphatic carbocycles. The van der Waals surface area contributed by atoms with Crippen molar-refractivity contribution < 1.29 is 14.5 Å². The third kappa shape index (κ3) is 5.37. The number of benzene rings is 2. The Labute approximate surface area is 162 Å². The molecule has 2 aromatic carbocycles. The number of carbonyl (C=O) groups excluding carboxylic acids is 1. The first-order chi connectivity index (χ1) is 11.7. The van der Waals surface area contributed by atoms with Gasteiger partial charge in [-0.3, -0.25) is 14.9 Å². The van der Waals surface area contributed by atoms with Crippen LogP contribution in [0.1, 0.15) is 10.4 Å². The zero-order valence-electron chi connectivity index (χ0n) is 12.3. The van der Waals surface area contributed by atoms with E-state index in [9.17, 15) is 14.9 Å². The summed E-state index contributed by atoms with van der Waals surface area (Å²) in [6.45, 7) is 0. The van der Waals surface area contributed by atoms with Gasteiger partial charge in [-0.2, -0.15) is 0 Å². The summed E-state index contributed by atoms with van der Waals surface area (Å²) in [5.74, 6) is -0.521. The predicted molar refractivity (Wildman–Crippen MR) is 96.7 cm³/mol. The first-order valence-electron chi connectivity index (χ1n) is 6.71. The molecule has 2 rings (SSSR count). The topological polar surface area (TPSA) is 81.5 Å². The number of alkyl halides is 3. The van der Waals surface area contributed by atoms with Crippen LogP contribution < -0.4 is 10.1 Å². The lowest BCUT2D eigenvalue weighted by atomic mass is 10.2. The van der Waals surface area contributed by atoms with E-state index in [1.54, 1.807) is 18.2 Å². The molecule has 6 nitrogen and oxygen atoms in total. The number of carbonyl (C=O) groups is 1. The van der Waals surface area contributed by atoms with Crippen molar-refractivity contribution in [2.75, 3.05) is 0 Å². The summed E-state index contributed by atoms with van der Waals surface area (Å²) in [6, 6.07) is 11.5. The number of para-hydroxylation sites is 1. The smallest absolute Gasteiger partial charge is 0.270 e. The highest BCUT2D eigenvalue weighted by Gasteiger charge is 2.37. The quantitative estimate of drug-likeness (QED) is 0.325. The summed E-state index contributed by atoms with van der Waals surface area (Å²) < 4.78 is 3.47. The van der Waals surface area contributed by atoms with Crippen molar-refractivity contribution >= 4 is 58.0 Å². The number of rotatable bonds is 5. The van der Waals surface area contributed by atoms with Crippen LogP contribution in [-0.4, -0.2) is 20.9 Å². The largest absolute Gasteiger partial charge is 0.464 e. The summed E-state index contributed by atoms with van der Waals surface area (Å²) in [4.78, 5) is 22.5. The lowest BCUT2D eigenvalue weighted by Gasteiger charge is -2.26. The van der Waals surface area contributed by atoms with Crippen LogP contribution >= 0.6 is 46.4 Å². The van der Waals surface area contributed by atoms with Gasteiger partial charge in [0.2, 0.25) is 10.0 Å². The molecule has 1 N–H and O–H groups in total. The number of hydrogen-bond acceptors (Lipinski definition) is 4. The van der Waals surface area contributed by atoms with Crippen molar-refractivity contribution in [3.8, 4) is 5.75 Å². The maximum absolute atomic E-state index is 12.3. The van der Waals surface area contributed by atoms with E-state index in [1.807, 2.05) is 0 Å². The molecule has 0 unspecified atom stereocenters. The fourth-order valence-electron chi connectivity index (χ4n) is 1.81. The Kier molecular flexibility index (Phi) is 6.35. The van der Waals surface area contributed by atoms with Gasteiger partial charge in [-0.1, -0.05) is 64.6 Å². The standard InChI is InChI=1S/C15H10Cl4N2O4/c16-11-6-1-2-7-12(11)25-14(15(17,18)19)20-13(22)9-4-3-5-10(8-9)21(23)24/h1-8,14H,(H,20,22)/t14-/m1/s1. The van der Waals surface area contributed by atoms with Crippen molar-refractivity contribution in [1.82, 2.24) is 5.32 Å². The van der Waals surface area contributed by atoms with Gasteiger partial charge in [-0.05, 0) is 18.2 Å². The van der Waals surface area contributed by atoms with Crippen molar-refractivity contribution in [3.05, 3.63) is 69.2 Å². The summed E-state index contributed by atoms with van der Waals surface area (Å²) in [6.07, 6.45) is -1.39.